The number of alkyl halides is 7. The number of carbonyl (C=O) groups is 3. The summed E-state index contributed by atoms with van der Waals surface area (Å²) in [6.07, 6.45) is 9.75. The van der Waals surface area contributed by atoms with E-state index < -0.39 is 70.8 Å². The number of nitrogens with one attached hydrogen (secondary N) is 5. The van der Waals surface area contributed by atoms with Crippen molar-refractivity contribution in [2.24, 2.45) is 5.92 Å². The summed E-state index contributed by atoms with van der Waals surface area (Å²) < 4.78 is 101. The van der Waals surface area contributed by atoms with Crippen LogP contribution in [0.15, 0.2) is 65.5 Å². The lowest BCUT2D eigenvalue weighted by atomic mass is 10.2. The number of ether oxygens (including phenoxy) is 3. The molecule has 49 heteroatoms. The van der Waals surface area contributed by atoms with Gasteiger partial charge in [-0.05, 0) is 120 Å². The number of nitrogens with zero attached hydrogens (tertiary/aromatic N) is 18. The standard InChI is InChI=1S/C17H14F3N7O2.C14H21ClN4OSi.C14H23N5OSi.C9H6ClF3N2O2.C8H7ClN4.C6H15ClOSi.C4H5ClN4.C4H6O.CH4O/c1-16(17(18,19)20)26-14(28)9-5-4-8(15(29)27(9)16)23-12-10-13(22-6-21-12)25-11(24-10)7-2-3-7;2*1-21(2,3)7-6-20-9-19-13(10-4-5-10)18-11-12(15)16-8-17-14(11)19;1-8(9(11,12)13)14-6(16)5-3-2-4(10)7(17)15(5)8;9-6-5-8(11-3-10-6)13-7(12-5)4-1-2-4;1-9(2,3)5-4-8-6-7;5-3-2(6)4(7)9-1-8-3;5-3-4-1-2-4;1-2/h4-7H,2-3H2,1H3,(H,26,28)(H2,21,22,23,24,25);8,10H,4-7,9H2,1-3H3;8,10H,4-7,9H2,1-3H3,(H2,15,16,17);2-3H,1H3,(H,14,16);3-4H,1-2H2,(H,10,11,12,13);4-6H2,1-3H3;1H,6H2,(H2,7,8,9);3-4H,1-2H2;2H,1H3. The minimum absolute atomic E-state index is 0.164. The van der Waals surface area contributed by atoms with Crippen molar-refractivity contribution in [1.82, 2.24) is 109 Å². The number of aldehydes is 1. The van der Waals surface area contributed by atoms with Crippen molar-refractivity contribution in [2.45, 2.75) is 216 Å². The number of amides is 2. The van der Waals surface area contributed by atoms with Gasteiger partial charge in [-0.15, -0.1) is 0 Å². The van der Waals surface area contributed by atoms with Gasteiger partial charge in [0.1, 0.15) is 125 Å². The predicted octanol–water partition coefficient (Wildman–Crippen LogP) is 14.8. The molecule has 5 aliphatic carbocycles. The summed E-state index contributed by atoms with van der Waals surface area (Å²) >= 11 is 28.3. The van der Waals surface area contributed by atoms with E-state index >= 15 is 0 Å². The Bertz CT molecular complexity index is 5660. The van der Waals surface area contributed by atoms with E-state index in [1.54, 1.807) is 5.32 Å². The number of imidazole rings is 4. The van der Waals surface area contributed by atoms with E-state index in [4.69, 9.17) is 94.5 Å². The van der Waals surface area contributed by atoms with Crippen LogP contribution in [-0.2, 0) is 43.8 Å². The van der Waals surface area contributed by atoms with Crippen molar-refractivity contribution >= 4 is 174 Å². The van der Waals surface area contributed by atoms with Crippen LogP contribution >= 0.6 is 58.0 Å². The Labute approximate surface area is 747 Å². The lowest BCUT2D eigenvalue weighted by Gasteiger charge is -2.29. The van der Waals surface area contributed by atoms with Gasteiger partial charge in [0.2, 0.25) is 11.3 Å². The fraction of sp³-hybridized carbons (Fsp3) is 0.519. The first-order valence-corrected chi connectivity index (χ1v) is 53.4. The second kappa shape index (κ2) is 41.3. The number of hydrogen-bond acceptors (Lipinski definition) is 27. The number of halogens is 11. The highest BCUT2D eigenvalue weighted by Crippen LogP contribution is 2.45. The van der Waals surface area contributed by atoms with Gasteiger partial charge in [0.05, 0.1) is 0 Å². The first kappa shape index (κ1) is 98.7. The van der Waals surface area contributed by atoms with E-state index in [1.165, 1.54) is 82.3 Å². The number of hydrogen-bond donors (Lipinski definition) is 9. The summed E-state index contributed by atoms with van der Waals surface area (Å²) in [6.45, 7) is 26.0. The second-order valence-corrected chi connectivity index (χ2v) is 52.9. The van der Waals surface area contributed by atoms with E-state index in [1.807, 2.05) is 5.32 Å². The Morgan fingerprint density at radius 1 is 0.516 bits per heavy atom. The number of fused-ring (bicyclic) bond motifs is 6. The second-order valence-electron chi connectivity index (χ2n) is 34.3. The Morgan fingerprint density at radius 2 is 0.929 bits per heavy atom. The smallest absolute Gasteiger partial charge is 0.400 e. The van der Waals surface area contributed by atoms with Crippen LogP contribution < -0.4 is 44.3 Å². The van der Waals surface area contributed by atoms with E-state index in [9.17, 15) is 50.3 Å². The average Bonchev–Trinajstić information content (AvgIpc) is 1.58. The topological polar surface area (TPSA) is 479 Å². The molecule has 35 nitrogen and oxygen atoms in total. The van der Waals surface area contributed by atoms with Gasteiger partial charge in [0.25, 0.3) is 22.9 Å². The molecule has 7 aliphatic rings. The maximum atomic E-state index is 13.6. The highest BCUT2D eigenvalue weighted by Gasteiger charge is 2.60. The molecule has 12 N–H and O–H groups in total. The molecule has 0 bridgehead atoms. The zero-order valence-electron chi connectivity index (χ0n) is 71.2. The molecule has 5 saturated carbocycles. The van der Waals surface area contributed by atoms with Crippen LogP contribution in [0.1, 0.15) is 146 Å². The molecule has 0 saturated heterocycles. The molecule has 0 radical (unpaired) electrons. The number of pyridine rings is 2. The zero-order chi connectivity index (χ0) is 92.3. The molecular weight excluding hydrogens is 1810 g/mol. The molecule has 682 valence electrons. The SMILES string of the molecule is CC1(C(F)(F)F)NC(=O)c2ccc(Cl)c(=O)n21.CC1(C(F)(F)F)NC(=O)c2ccc(Nc3ncnc4nc(C5CC5)[nH]c34)c(=O)n21.CO.C[Si](C)(C)CCOCCl.C[Si](C)(C)CCOCn1c(C2CC2)nc2c(Cl)ncnc21.C[Si](C)(C)CCOCn1c(C2CC2)nc2c(N)ncnc21.Clc1ncnc2nc(C3CC3)[nH]c12.Nc1ncnc(Cl)c1N.O=CC1CC1. The molecule has 11 aromatic heterocycles. The third kappa shape index (κ3) is 25.3. The zero-order valence-corrected chi connectivity index (χ0v) is 78.0. The Hall–Kier alpha value is -9.49. The first-order valence-electron chi connectivity index (χ1n) is 40.2. The number of aromatic nitrogens is 20. The summed E-state index contributed by atoms with van der Waals surface area (Å²) in [5, 5.41) is 14.0. The molecule has 126 heavy (non-hydrogen) atoms. The van der Waals surface area contributed by atoms with Gasteiger partial charge in [-0.3, -0.25) is 37.4 Å². The van der Waals surface area contributed by atoms with Crippen LogP contribution in [0.4, 0.5) is 55.2 Å². The summed E-state index contributed by atoms with van der Waals surface area (Å²) in [6, 6.07) is 8.46. The number of rotatable bonds is 21. The number of aliphatic hydroxyl groups is 1. The minimum atomic E-state index is -4.87. The van der Waals surface area contributed by atoms with Crippen molar-refractivity contribution in [3.63, 3.8) is 0 Å². The predicted molar refractivity (Wildman–Crippen MR) is 476 cm³/mol. The van der Waals surface area contributed by atoms with Crippen LogP contribution in [0, 0.1) is 5.92 Å². The van der Waals surface area contributed by atoms with Gasteiger partial charge in [0, 0.05) is 80.7 Å². The van der Waals surface area contributed by atoms with E-state index in [-0.39, 0.29) is 44.6 Å². The number of carbonyl (C=O) groups excluding carboxylic acids is 3. The van der Waals surface area contributed by atoms with Crippen molar-refractivity contribution in [3.05, 3.63) is 132 Å². The molecule has 0 aromatic carbocycles. The van der Waals surface area contributed by atoms with Crippen LogP contribution in [0.25, 0.3) is 44.7 Å². The molecule has 2 aliphatic heterocycles. The van der Waals surface area contributed by atoms with Crippen LogP contribution in [0.3, 0.4) is 0 Å². The summed E-state index contributed by atoms with van der Waals surface area (Å²) in [4.78, 5) is 122. The number of aliphatic hydroxyl groups excluding tert-OH is 1. The van der Waals surface area contributed by atoms with Crippen molar-refractivity contribution in [2.75, 3.05) is 55.5 Å². The van der Waals surface area contributed by atoms with Crippen LogP contribution in [0.2, 0.25) is 97.5 Å². The molecule has 5 fully saturated rings. The molecule has 18 rings (SSSR count). The van der Waals surface area contributed by atoms with Crippen molar-refractivity contribution < 1.29 is 60.0 Å². The Balaban J connectivity index is 0.000000156. The third-order valence-electron chi connectivity index (χ3n) is 20.2. The van der Waals surface area contributed by atoms with Gasteiger partial charge < -0.3 is 67.2 Å². The maximum Gasteiger partial charge on any atom is 0.430 e. The van der Waals surface area contributed by atoms with E-state index in [2.05, 4.69) is 153 Å². The fourth-order valence-electron chi connectivity index (χ4n) is 12.0. The summed E-state index contributed by atoms with van der Waals surface area (Å²) in [7, 11) is -2.00. The van der Waals surface area contributed by atoms with E-state index in [0.29, 0.717) is 109 Å². The number of anilines is 5. The van der Waals surface area contributed by atoms with Crippen molar-refractivity contribution in [3.8, 4) is 0 Å². The quantitative estimate of drug-likeness (QED) is 0.00805. The molecule has 0 spiro atoms. The normalized spacial score (nSPS) is 17.5. The Kier molecular flexibility index (Phi) is 32.3. The van der Waals surface area contributed by atoms with Gasteiger partial charge in [0.15, 0.2) is 61.0 Å². The van der Waals surface area contributed by atoms with Crippen LogP contribution in [-0.4, -0.2) is 191 Å². The number of nitrogens with two attached hydrogens (primary N) is 3. The molecular formula is C77H101Cl5F6N26O9Si3. The molecule has 13 heterocycles. The number of nitrogen functional groups attached to an aromatic ring is 3. The summed E-state index contributed by atoms with van der Waals surface area (Å²) in [5.74, 6) is 5.20. The molecule has 2 atom stereocenters. The average molecular weight is 1910 g/mol. The lowest BCUT2D eigenvalue weighted by molar-refractivity contribution is -0.213. The highest BCUT2D eigenvalue weighted by atomic mass is 35.5. The summed E-state index contributed by atoms with van der Waals surface area (Å²) in [5.41, 5.74) is 13.4. The maximum absolute atomic E-state index is 13.6. The monoisotopic (exact) mass is 1910 g/mol. The number of H-pyrrole nitrogens is 2. The van der Waals surface area contributed by atoms with Gasteiger partial charge in [-0.1, -0.05) is 117 Å². The number of aromatic amines is 2. The van der Waals surface area contributed by atoms with Crippen LogP contribution in [0.5, 0.6) is 0 Å². The third-order valence-corrected chi connectivity index (χ3v) is 26.6. The lowest BCUT2D eigenvalue weighted by Crippen LogP contribution is -2.55. The molecule has 2 unspecified atom stereocenters. The highest BCUT2D eigenvalue weighted by molar-refractivity contribution is 6.76. The first-order chi connectivity index (χ1) is 59.3. The molecule has 11 aromatic rings. The Morgan fingerprint density at radius 3 is 1.37 bits per heavy atom. The van der Waals surface area contributed by atoms with Gasteiger partial charge in [-0.25, -0.2) is 69.8 Å². The van der Waals surface area contributed by atoms with Gasteiger partial charge in [-0.2, -0.15) is 26.3 Å². The fourth-order valence-corrected chi connectivity index (χ4v) is 15.0. The van der Waals surface area contributed by atoms with Gasteiger partial charge >= 0.3 is 12.4 Å². The van der Waals surface area contributed by atoms with E-state index in [0.717, 1.165) is 136 Å². The largest absolute Gasteiger partial charge is 0.430 e. The minimum Gasteiger partial charge on any atom is -0.400 e. The molecule has 2 amide bonds. The van der Waals surface area contributed by atoms with Crippen molar-refractivity contribution in [1.29, 1.82) is 0 Å².